The second-order valence-electron chi connectivity index (χ2n) is 6.55. The van der Waals surface area contributed by atoms with Crippen LogP contribution in [0.1, 0.15) is 43.4 Å². The lowest BCUT2D eigenvalue weighted by molar-refractivity contribution is 0.247. The first-order valence-electron chi connectivity index (χ1n) is 8.96. The molecule has 2 N–H and O–H groups in total. The van der Waals surface area contributed by atoms with E-state index in [1.165, 1.54) is 11.1 Å². The molecule has 0 aromatic heterocycles. The van der Waals surface area contributed by atoms with E-state index in [2.05, 4.69) is 42.7 Å². The van der Waals surface area contributed by atoms with Gasteiger partial charge in [0.1, 0.15) is 5.75 Å². The van der Waals surface area contributed by atoms with E-state index < -0.39 is 0 Å². The molecule has 1 saturated carbocycles. The molecule has 0 spiro atoms. The molecule has 0 saturated heterocycles. The summed E-state index contributed by atoms with van der Waals surface area (Å²) in [6.07, 6.45) is 3.71. The lowest BCUT2D eigenvalue weighted by Crippen LogP contribution is -2.38. The maximum Gasteiger partial charge on any atom is 0.319 e. The molecule has 0 heterocycles. The zero-order valence-corrected chi connectivity index (χ0v) is 15.2. The van der Waals surface area contributed by atoms with Crippen molar-refractivity contribution in [2.75, 3.05) is 12.4 Å². The molecular weight excluding hydrogens is 312 g/mol. The third kappa shape index (κ3) is 3.63. The first-order chi connectivity index (χ1) is 12.1. The average molecular weight is 338 g/mol. The molecule has 0 bridgehead atoms. The minimum atomic E-state index is -0.246. The van der Waals surface area contributed by atoms with E-state index in [1.54, 1.807) is 7.11 Å². The molecule has 25 heavy (non-hydrogen) atoms. The van der Waals surface area contributed by atoms with E-state index in [-0.39, 0.29) is 11.6 Å². The highest BCUT2D eigenvalue weighted by atomic mass is 16.5. The number of amides is 2. The molecule has 4 nitrogen and oxygen atoms in total. The summed E-state index contributed by atoms with van der Waals surface area (Å²) in [4.78, 5) is 12.7. The van der Waals surface area contributed by atoms with Gasteiger partial charge in [0.05, 0.1) is 12.6 Å². The first-order valence-corrected chi connectivity index (χ1v) is 8.96. The summed E-state index contributed by atoms with van der Waals surface area (Å²) in [7, 11) is 1.66. The molecule has 0 aliphatic heterocycles. The Morgan fingerprint density at radius 1 is 1.04 bits per heavy atom. The fraction of sp³-hybridized carbons (Fsp3) is 0.381. The molecule has 1 fully saturated rings. The van der Waals surface area contributed by atoms with Gasteiger partial charge in [0.25, 0.3) is 0 Å². The summed E-state index contributed by atoms with van der Waals surface area (Å²) in [6.45, 7) is 4.22. The van der Waals surface area contributed by atoms with Crippen LogP contribution in [0.2, 0.25) is 0 Å². The van der Waals surface area contributed by atoms with E-state index in [0.29, 0.717) is 0 Å². The van der Waals surface area contributed by atoms with Gasteiger partial charge in [0, 0.05) is 5.69 Å². The molecule has 2 aromatic carbocycles. The standard InChI is InChI=1S/C21H26N2O2/c1-4-15-7-6-8-16(5-2)19(15)22-20(24)23-21(13-14-21)17-9-11-18(25-3)12-10-17/h6-12H,4-5,13-14H2,1-3H3,(H2,22,23,24). The van der Waals surface area contributed by atoms with Crippen molar-refractivity contribution in [2.24, 2.45) is 0 Å². The van der Waals surface area contributed by atoms with Crippen LogP contribution in [0.3, 0.4) is 0 Å². The second kappa shape index (κ2) is 7.18. The van der Waals surface area contributed by atoms with Crippen LogP contribution >= 0.6 is 0 Å². The van der Waals surface area contributed by atoms with Gasteiger partial charge in [-0.2, -0.15) is 0 Å². The maximum atomic E-state index is 12.7. The van der Waals surface area contributed by atoms with E-state index in [1.807, 2.05) is 24.3 Å². The van der Waals surface area contributed by atoms with E-state index in [0.717, 1.165) is 42.7 Å². The number of anilines is 1. The number of para-hydroxylation sites is 1. The molecule has 4 heteroatoms. The van der Waals surface area contributed by atoms with Crippen LogP contribution in [0.5, 0.6) is 5.75 Å². The number of carbonyl (C=O) groups excluding carboxylic acids is 1. The van der Waals surface area contributed by atoms with Gasteiger partial charge in [-0.05, 0) is 54.5 Å². The normalized spacial score (nSPS) is 14.7. The summed E-state index contributed by atoms with van der Waals surface area (Å²) >= 11 is 0. The Morgan fingerprint density at radius 2 is 1.64 bits per heavy atom. The van der Waals surface area contributed by atoms with Gasteiger partial charge in [-0.15, -0.1) is 0 Å². The van der Waals surface area contributed by atoms with Gasteiger partial charge < -0.3 is 15.4 Å². The van der Waals surface area contributed by atoms with Crippen molar-refractivity contribution < 1.29 is 9.53 Å². The largest absolute Gasteiger partial charge is 0.497 e. The fourth-order valence-corrected chi connectivity index (χ4v) is 3.29. The Kier molecular flexibility index (Phi) is 4.98. The number of nitrogens with one attached hydrogen (secondary N) is 2. The van der Waals surface area contributed by atoms with E-state index >= 15 is 0 Å². The number of ether oxygens (including phenoxy) is 1. The van der Waals surface area contributed by atoms with Crippen LogP contribution in [0, 0.1) is 0 Å². The lowest BCUT2D eigenvalue weighted by atomic mass is 10.0. The van der Waals surface area contributed by atoms with Crippen LogP contribution < -0.4 is 15.4 Å². The zero-order valence-electron chi connectivity index (χ0n) is 15.2. The number of carbonyl (C=O) groups is 1. The van der Waals surface area contributed by atoms with E-state index in [9.17, 15) is 4.79 Å². The van der Waals surface area contributed by atoms with Crippen molar-refractivity contribution in [1.29, 1.82) is 0 Å². The highest BCUT2D eigenvalue weighted by molar-refractivity contribution is 5.92. The monoisotopic (exact) mass is 338 g/mol. The number of urea groups is 1. The molecule has 0 atom stereocenters. The summed E-state index contributed by atoms with van der Waals surface area (Å²) < 4.78 is 5.21. The summed E-state index contributed by atoms with van der Waals surface area (Å²) in [5.41, 5.74) is 4.18. The molecule has 3 rings (SSSR count). The summed E-state index contributed by atoms with van der Waals surface area (Å²) in [5.74, 6) is 0.827. The topological polar surface area (TPSA) is 50.4 Å². The highest BCUT2D eigenvalue weighted by Gasteiger charge is 2.45. The second-order valence-corrected chi connectivity index (χ2v) is 6.55. The van der Waals surface area contributed by atoms with Crippen molar-refractivity contribution in [3.8, 4) is 5.75 Å². The minimum absolute atomic E-state index is 0.135. The average Bonchev–Trinajstić information content (AvgIpc) is 3.42. The predicted octanol–water partition coefficient (Wildman–Crippen LogP) is 4.63. The van der Waals surface area contributed by atoms with Crippen molar-refractivity contribution in [3.63, 3.8) is 0 Å². The smallest absolute Gasteiger partial charge is 0.319 e. The van der Waals surface area contributed by atoms with E-state index in [4.69, 9.17) is 4.74 Å². The molecule has 0 radical (unpaired) electrons. The van der Waals surface area contributed by atoms with Gasteiger partial charge in [0.2, 0.25) is 0 Å². The van der Waals surface area contributed by atoms with Crippen molar-refractivity contribution >= 4 is 11.7 Å². The Labute approximate surface area is 149 Å². The Morgan fingerprint density at radius 3 is 2.12 bits per heavy atom. The Hall–Kier alpha value is -2.49. The highest BCUT2D eigenvalue weighted by Crippen LogP contribution is 2.45. The Bertz CT molecular complexity index is 727. The number of aryl methyl sites for hydroxylation is 2. The van der Waals surface area contributed by atoms with Gasteiger partial charge in [-0.3, -0.25) is 0 Å². The van der Waals surface area contributed by atoms with Crippen LogP contribution in [0.15, 0.2) is 42.5 Å². The predicted molar refractivity (Wildman–Crippen MR) is 101 cm³/mol. The van der Waals surface area contributed by atoms with Crippen molar-refractivity contribution in [3.05, 3.63) is 59.2 Å². The molecule has 2 aromatic rings. The maximum absolute atomic E-state index is 12.7. The number of hydrogen-bond acceptors (Lipinski definition) is 2. The van der Waals surface area contributed by atoms with Gasteiger partial charge in [0.15, 0.2) is 0 Å². The number of hydrogen-bond donors (Lipinski definition) is 2. The van der Waals surface area contributed by atoms with Gasteiger partial charge in [-0.1, -0.05) is 44.2 Å². The van der Waals surface area contributed by atoms with Crippen LogP contribution in [0.25, 0.3) is 0 Å². The SMILES string of the molecule is CCc1cccc(CC)c1NC(=O)NC1(c2ccc(OC)cc2)CC1. The van der Waals surface area contributed by atoms with Crippen molar-refractivity contribution in [2.45, 2.75) is 45.1 Å². The molecule has 0 unspecified atom stereocenters. The molecule has 1 aliphatic rings. The quantitative estimate of drug-likeness (QED) is 0.807. The van der Waals surface area contributed by atoms with Crippen LogP contribution in [-0.2, 0) is 18.4 Å². The third-order valence-electron chi connectivity index (χ3n) is 4.98. The molecule has 2 amide bonds. The van der Waals surface area contributed by atoms with Gasteiger partial charge >= 0.3 is 6.03 Å². The van der Waals surface area contributed by atoms with Gasteiger partial charge in [-0.25, -0.2) is 4.79 Å². The summed E-state index contributed by atoms with van der Waals surface area (Å²) in [5, 5.41) is 6.28. The summed E-state index contributed by atoms with van der Waals surface area (Å²) in [6, 6.07) is 14.0. The lowest BCUT2D eigenvalue weighted by Gasteiger charge is -2.21. The third-order valence-corrected chi connectivity index (χ3v) is 4.98. The fourth-order valence-electron chi connectivity index (χ4n) is 3.29. The zero-order chi connectivity index (χ0) is 17.9. The van der Waals surface area contributed by atoms with Crippen molar-refractivity contribution in [1.82, 2.24) is 5.32 Å². The molecular formula is C21H26N2O2. The Balaban J connectivity index is 1.74. The number of rotatable bonds is 6. The number of methoxy groups -OCH3 is 1. The number of benzene rings is 2. The van der Waals surface area contributed by atoms with Crippen LogP contribution in [-0.4, -0.2) is 13.1 Å². The van der Waals surface area contributed by atoms with Crippen LogP contribution in [0.4, 0.5) is 10.5 Å². The molecule has 1 aliphatic carbocycles. The first kappa shape index (κ1) is 17.3. The minimum Gasteiger partial charge on any atom is -0.497 e. The molecule has 132 valence electrons.